The summed E-state index contributed by atoms with van der Waals surface area (Å²) in [6.07, 6.45) is 3.28. The molecule has 3 heteroatoms. The van der Waals surface area contributed by atoms with E-state index in [1.165, 1.54) is 12.8 Å². The SMILES string of the molecule is COc1cc(CC2CCCN2)cc(F)c1C. The minimum atomic E-state index is -0.174. The number of halogens is 1. The number of rotatable bonds is 3. The molecule has 2 nitrogen and oxygen atoms in total. The molecule has 0 amide bonds. The maximum atomic E-state index is 13.6. The molecular formula is C13H18FNO. The highest BCUT2D eigenvalue weighted by Crippen LogP contribution is 2.24. The second-order valence-corrected chi connectivity index (χ2v) is 4.40. The molecule has 0 radical (unpaired) electrons. The molecule has 1 aromatic carbocycles. The van der Waals surface area contributed by atoms with Crippen molar-refractivity contribution in [2.75, 3.05) is 13.7 Å². The van der Waals surface area contributed by atoms with Crippen molar-refractivity contribution < 1.29 is 9.13 Å². The Hall–Kier alpha value is -1.09. The van der Waals surface area contributed by atoms with Gasteiger partial charge in [-0.25, -0.2) is 4.39 Å². The van der Waals surface area contributed by atoms with Crippen molar-refractivity contribution in [3.63, 3.8) is 0 Å². The predicted molar refractivity (Wildman–Crippen MR) is 62.4 cm³/mol. The molecule has 1 aromatic rings. The fourth-order valence-corrected chi connectivity index (χ4v) is 2.25. The molecule has 1 N–H and O–H groups in total. The van der Waals surface area contributed by atoms with E-state index >= 15 is 0 Å². The third-order valence-corrected chi connectivity index (χ3v) is 3.22. The molecule has 1 heterocycles. The second-order valence-electron chi connectivity index (χ2n) is 4.40. The van der Waals surface area contributed by atoms with Crippen LogP contribution in [-0.2, 0) is 6.42 Å². The Morgan fingerprint density at radius 2 is 2.31 bits per heavy atom. The summed E-state index contributed by atoms with van der Waals surface area (Å²) >= 11 is 0. The zero-order valence-electron chi connectivity index (χ0n) is 9.85. The Bertz CT molecular complexity index is 372. The van der Waals surface area contributed by atoms with Gasteiger partial charge in [-0.05, 0) is 50.4 Å². The van der Waals surface area contributed by atoms with Gasteiger partial charge in [-0.3, -0.25) is 0 Å². The van der Waals surface area contributed by atoms with Crippen LogP contribution in [0, 0.1) is 12.7 Å². The van der Waals surface area contributed by atoms with Gasteiger partial charge in [0.2, 0.25) is 0 Å². The van der Waals surface area contributed by atoms with Crippen molar-refractivity contribution in [3.8, 4) is 5.75 Å². The van der Waals surface area contributed by atoms with E-state index < -0.39 is 0 Å². The molecule has 0 spiro atoms. The highest BCUT2D eigenvalue weighted by molar-refractivity contribution is 5.38. The molecule has 0 aliphatic carbocycles. The van der Waals surface area contributed by atoms with Crippen LogP contribution < -0.4 is 10.1 Å². The molecule has 1 aliphatic rings. The third kappa shape index (κ3) is 2.35. The van der Waals surface area contributed by atoms with Crippen LogP contribution in [0.2, 0.25) is 0 Å². The first-order valence-corrected chi connectivity index (χ1v) is 5.77. The lowest BCUT2D eigenvalue weighted by molar-refractivity contribution is 0.406. The normalized spacial score (nSPS) is 20.1. The van der Waals surface area contributed by atoms with Gasteiger partial charge in [0.1, 0.15) is 11.6 Å². The average Bonchev–Trinajstić information content (AvgIpc) is 2.76. The molecule has 1 fully saturated rings. The molecule has 16 heavy (non-hydrogen) atoms. The highest BCUT2D eigenvalue weighted by atomic mass is 19.1. The number of nitrogens with one attached hydrogen (secondary N) is 1. The van der Waals surface area contributed by atoms with Crippen molar-refractivity contribution in [2.24, 2.45) is 0 Å². The maximum absolute atomic E-state index is 13.6. The van der Waals surface area contributed by atoms with Crippen LogP contribution in [0.25, 0.3) is 0 Å². The van der Waals surface area contributed by atoms with E-state index in [2.05, 4.69) is 5.32 Å². The van der Waals surface area contributed by atoms with Crippen LogP contribution in [0.5, 0.6) is 5.75 Å². The fraction of sp³-hybridized carbons (Fsp3) is 0.538. The van der Waals surface area contributed by atoms with Crippen LogP contribution in [0.3, 0.4) is 0 Å². The molecule has 88 valence electrons. The van der Waals surface area contributed by atoms with Crippen LogP contribution in [0.15, 0.2) is 12.1 Å². The van der Waals surface area contributed by atoms with Gasteiger partial charge in [0.15, 0.2) is 0 Å². The lowest BCUT2D eigenvalue weighted by atomic mass is 10.0. The van der Waals surface area contributed by atoms with Gasteiger partial charge in [0, 0.05) is 11.6 Å². The van der Waals surface area contributed by atoms with Gasteiger partial charge in [-0.15, -0.1) is 0 Å². The van der Waals surface area contributed by atoms with Crippen molar-refractivity contribution in [2.45, 2.75) is 32.2 Å². The van der Waals surface area contributed by atoms with Crippen LogP contribution in [-0.4, -0.2) is 19.7 Å². The topological polar surface area (TPSA) is 21.3 Å². The zero-order valence-corrected chi connectivity index (χ0v) is 9.85. The van der Waals surface area contributed by atoms with E-state index in [1.54, 1.807) is 20.1 Å². The quantitative estimate of drug-likeness (QED) is 0.849. The largest absolute Gasteiger partial charge is 0.496 e. The Morgan fingerprint density at radius 3 is 2.94 bits per heavy atom. The van der Waals surface area contributed by atoms with Gasteiger partial charge in [0.25, 0.3) is 0 Å². The monoisotopic (exact) mass is 223 g/mol. The molecule has 2 rings (SSSR count). The Balaban J connectivity index is 2.17. The van der Waals surface area contributed by atoms with E-state index in [9.17, 15) is 4.39 Å². The van der Waals surface area contributed by atoms with Crippen LogP contribution in [0.4, 0.5) is 4.39 Å². The standard InChI is InChI=1S/C13H18FNO/c1-9-12(14)7-10(8-13(9)16-2)6-11-4-3-5-15-11/h7-8,11,15H,3-6H2,1-2H3. The smallest absolute Gasteiger partial charge is 0.130 e. The van der Waals surface area contributed by atoms with Gasteiger partial charge < -0.3 is 10.1 Å². The molecule has 0 aromatic heterocycles. The van der Waals surface area contributed by atoms with Gasteiger partial charge in [-0.1, -0.05) is 0 Å². The number of hydrogen-bond acceptors (Lipinski definition) is 2. The van der Waals surface area contributed by atoms with Gasteiger partial charge in [0.05, 0.1) is 7.11 Å². The predicted octanol–water partition coefficient (Wildman–Crippen LogP) is 2.44. The summed E-state index contributed by atoms with van der Waals surface area (Å²) in [5.41, 5.74) is 1.60. The van der Waals surface area contributed by atoms with E-state index in [-0.39, 0.29) is 5.82 Å². The molecule has 1 saturated heterocycles. The number of ether oxygens (including phenoxy) is 1. The third-order valence-electron chi connectivity index (χ3n) is 3.22. The van der Waals surface area contributed by atoms with E-state index in [0.717, 1.165) is 18.5 Å². The van der Waals surface area contributed by atoms with Crippen molar-refractivity contribution >= 4 is 0 Å². The minimum Gasteiger partial charge on any atom is -0.496 e. The number of benzene rings is 1. The summed E-state index contributed by atoms with van der Waals surface area (Å²) < 4.78 is 18.8. The lowest BCUT2D eigenvalue weighted by Crippen LogP contribution is -2.23. The van der Waals surface area contributed by atoms with Crippen molar-refractivity contribution in [3.05, 3.63) is 29.1 Å². The highest BCUT2D eigenvalue weighted by Gasteiger charge is 2.16. The summed E-state index contributed by atoms with van der Waals surface area (Å²) in [5, 5.41) is 3.41. The van der Waals surface area contributed by atoms with Gasteiger partial charge in [-0.2, -0.15) is 0 Å². The van der Waals surface area contributed by atoms with Crippen molar-refractivity contribution in [1.82, 2.24) is 5.32 Å². The molecule has 1 unspecified atom stereocenters. The van der Waals surface area contributed by atoms with Crippen LogP contribution in [0.1, 0.15) is 24.0 Å². The summed E-state index contributed by atoms with van der Waals surface area (Å²) in [5.74, 6) is 0.473. The first kappa shape index (κ1) is 11.4. The Kier molecular flexibility index (Phi) is 3.44. The average molecular weight is 223 g/mol. The van der Waals surface area contributed by atoms with E-state index in [4.69, 9.17) is 4.74 Å². The number of hydrogen-bond donors (Lipinski definition) is 1. The maximum Gasteiger partial charge on any atom is 0.130 e. The minimum absolute atomic E-state index is 0.174. The summed E-state index contributed by atoms with van der Waals surface area (Å²) in [7, 11) is 1.58. The van der Waals surface area contributed by atoms with Crippen molar-refractivity contribution in [1.29, 1.82) is 0 Å². The van der Waals surface area contributed by atoms with E-state index in [0.29, 0.717) is 17.4 Å². The molecule has 0 bridgehead atoms. The van der Waals surface area contributed by atoms with Crippen LogP contribution >= 0.6 is 0 Å². The van der Waals surface area contributed by atoms with Gasteiger partial charge >= 0.3 is 0 Å². The first-order chi connectivity index (χ1) is 7.70. The Morgan fingerprint density at radius 1 is 1.50 bits per heavy atom. The lowest BCUT2D eigenvalue weighted by Gasteiger charge is -2.13. The molecule has 0 saturated carbocycles. The number of methoxy groups -OCH3 is 1. The summed E-state index contributed by atoms with van der Waals surface area (Å²) in [4.78, 5) is 0. The Labute approximate surface area is 95.8 Å². The second kappa shape index (κ2) is 4.83. The first-order valence-electron chi connectivity index (χ1n) is 5.77. The van der Waals surface area contributed by atoms with E-state index in [1.807, 2.05) is 6.07 Å². The molecule has 1 atom stereocenters. The fourth-order valence-electron chi connectivity index (χ4n) is 2.25. The molecular weight excluding hydrogens is 205 g/mol. The summed E-state index contributed by atoms with van der Waals surface area (Å²) in [6.45, 7) is 2.82. The molecule has 1 aliphatic heterocycles. The zero-order chi connectivity index (χ0) is 11.5. The summed E-state index contributed by atoms with van der Waals surface area (Å²) in [6, 6.07) is 4.06.